The molecule has 5 aromatic rings. The van der Waals surface area contributed by atoms with Crippen molar-refractivity contribution in [2.24, 2.45) is 0 Å². The van der Waals surface area contributed by atoms with Gasteiger partial charge in [0.2, 0.25) is 0 Å². The molecule has 0 fully saturated rings. The van der Waals surface area contributed by atoms with E-state index in [1.165, 1.54) is 61.2 Å². The molecular formula is C35H26. The van der Waals surface area contributed by atoms with Crippen LogP contribution in [-0.4, -0.2) is 0 Å². The average Bonchev–Trinajstić information content (AvgIpc) is 3.49. The molecule has 0 heterocycles. The standard InChI is InChI=1S/C35H26/c1-24-14-16-25(17-15-24)26-18-20-30(21-19-26)35(29-10-3-2-4-11-29)33-13-6-5-12-31(33)32-22-27-8-7-9-28(27)23-34(32)35/h2-7,9-23H,8H2,1H3. The molecule has 0 aromatic heterocycles. The Balaban J connectivity index is 1.52. The van der Waals surface area contributed by atoms with Gasteiger partial charge in [-0.3, -0.25) is 0 Å². The first-order chi connectivity index (χ1) is 17.2. The molecule has 2 aliphatic rings. The third kappa shape index (κ3) is 2.93. The van der Waals surface area contributed by atoms with E-state index in [1.807, 2.05) is 0 Å². The SMILES string of the molecule is Cc1ccc(-c2ccc(C3(c4ccccc4)c4ccccc4-c4cc5c(cc43)C=CC5)cc2)cc1. The van der Waals surface area contributed by atoms with Crippen LogP contribution in [0.3, 0.4) is 0 Å². The van der Waals surface area contributed by atoms with Gasteiger partial charge >= 0.3 is 0 Å². The van der Waals surface area contributed by atoms with Crippen LogP contribution in [0.25, 0.3) is 28.3 Å². The van der Waals surface area contributed by atoms with Crippen LogP contribution in [0.4, 0.5) is 0 Å². The van der Waals surface area contributed by atoms with Crippen molar-refractivity contribution >= 4 is 6.08 Å². The van der Waals surface area contributed by atoms with Gasteiger partial charge in [-0.15, -0.1) is 0 Å². The number of aryl methyl sites for hydroxylation is 1. The zero-order valence-corrected chi connectivity index (χ0v) is 19.8. The molecule has 1 atom stereocenters. The molecule has 7 rings (SSSR count). The Morgan fingerprint density at radius 2 is 1.23 bits per heavy atom. The first kappa shape index (κ1) is 20.2. The molecule has 35 heavy (non-hydrogen) atoms. The van der Waals surface area contributed by atoms with Gasteiger partial charge in [-0.25, -0.2) is 0 Å². The molecule has 0 radical (unpaired) electrons. The van der Waals surface area contributed by atoms with E-state index >= 15 is 0 Å². The number of allylic oxidation sites excluding steroid dienone is 1. The van der Waals surface area contributed by atoms with Gasteiger partial charge in [-0.1, -0.05) is 121 Å². The highest BCUT2D eigenvalue weighted by Gasteiger charge is 2.46. The van der Waals surface area contributed by atoms with Gasteiger partial charge in [-0.05, 0) is 81.1 Å². The van der Waals surface area contributed by atoms with Gasteiger partial charge in [0, 0.05) is 0 Å². The van der Waals surface area contributed by atoms with E-state index in [9.17, 15) is 0 Å². The fourth-order valence-electron chi connectivity index (χ4n) is 6.16. The normalized spacial score (nSPS) is 17.2. The lowest BCUT2D eigenvalue weighted by Crippen LogP contribution is -2.28. The highest BCUT2D eigenvalue weighted by atomic mass is 14.5. The van der Waals surface area contributed by atoms with E-state index in [1.54, 1.807) is 0 Å². The van der Waals surface area contributed by atoms with Crippen molar-refractivity contribution in [1.29, 1.82) is 0 Å². The van der Waals surface area contributed by atoms with Gasteiger partial charge in [0.25, 0.3) is 0 Å². The van der Waals surface area contributed by atoms with Crippen LogP contribution in [0.5, 0.6) is 0 Å². The van der Waals surface area contributed by atoms with Gasteiger partial charge in [0.05, 0.1) is 5.41 Å². The Hall–Kier alpha value is -4.16. The Kier molecular flexibility index (Phi) is 4.44. The van der Waals surface area contributed by atoms with Gasteiger partial charge in [0.15, 0.2) is 0 Å². The predicted molar refractivity (Wildman–Crippen MR) is 147 cm³/mol. The van der Waals surface area contributed by atoms with Crippen LogP contribution in [0.2, 0.25) is 0 Å². The van der Waals surface area contributed by atoms with E-state index in [2.05, 4.69) is 134 Å². The summed E-state index contributed by atoms with van der Waals surface area (Å²) >= 11 is 0. The smallest absolute Gasteiger partial charge is 0.0713 e. The quantitative estimate of drug-likeness (QED) is 0.255. The molecule has 1 unspecified atom stereocenters. The summed E-state index contributed by atoms with van der Waals surface area (Å²) in [5.74, 6) is 0. The Bertz CT molecular complexity index is 1590. The highest BCUT2D eigenvalue weighted by molar-refractivity contribution is 5.88. The van der Waals surface area contributed by atoms with E-state index in [4.69, 9.17) is 0 Å². The number of hydrogen-bond donors (Lipinski definition) is 0. The summed E-state index contributed by atoms with van der Waals surface area (Å²) in [6.45, 7) is 2.14. The number of benzene rings is 5. The average molecular weight is 447 g/mol. The maximum absolute atomic E-state index is 2.45. The van der Waals surface area contributed by atoms with E-state index in [-0.39, 0.29) is 5.41 Å². The summed E-state index contributed by atoms with van der Waals surface area (Å²) < 4.78 is 0. The number of rotatable bonds is 3. The van der Waals surface area contributed by atoms with Crippen molar-refractivity contribution in [3.8, 4) is 22.3 Å². The molecule has 0 amide bonds. The number of hydrogen-bond acceptors (Lipinski definition) is 0. The molecule has 2 aliphatic carbocycles. The molecule has 0 saturated heterocycles. The first-order valence-electron chi connectivity index (χ1n) is 12.4. The maximum Gasteiger partial charge on any atom is 0.0713 e. The fraction of sp³-hybridized carbons (Fsp3) is 0.0857. The third-order valence-corrected chi connectivity index (χ3v) is 7.85. The predicted octanol–water partition coefficient (Wildman–Crippen LogP) is 8.59. The second-order valence-electron chi connectivity index (χ2n) is 9.81. The minimum absolute atomic E-state index is 0.343. The molecule has 0 nitrogen and oxygen atoms in total. The Morgan fingerprint density at radius 1 is 0.571 bits per heavy atom. The van der Waals surface area contributed by atoms with Crippen LogP contribution in [-0.2, 0) is 11.8 Å². The lowest BCUT2D eigenvalue weighted by molar-refractivity contribution is 0.768. The molecule has 0 heteroatoms. The topological polar surface area (TPSA) is 0 Å². The largest absolute Gasteiger partial charge is 0.0795 e. The third-order valence-electron chi connectivity index (χ3n) is 7.85. The summed E-state index contributed by atoms with van der Waals surface area (Å²) in [5.41, 5.74) is 14.3. The van der Waals surface area contributed by atoms with Gasteiger partial charge in [-0.2, -0.15) is 0 Å². The van der Waals surface area contributed by atoms with Crippen molar-refractivity contribution < 1.29 is 0 Å². The van der Waals surface area contributed by atoms with Crippen LogP contribution in [0, 0.1) is 6.92 Å². The number of fused-ring (bicyclic) bond motifs is 4. The Morgan fingerprint density at radius 3 is 2.00 bits per heavy atom. The lowest BCUT2D eigenvalue weighted by atomic mass is 9.67. The highest BCUT2D eigenvalue weighted by Crippen LogP contribution is 2.57. The zero-order chi connectivity index (χ0) is 23.4. The van der Waals surface area contributed by atoms with Gasteiger partial charge in [0.1, 0.15) is 0 Å². The summed E-state index contributed by atoms with van der Waals surface area (Å²) in [4.78, 5) is 0. The van der Waals surface area contributed by atoms with Gasteiger partial charge < -0.3 is 0 Å². The molecule has 0 saturated carbocycles. The lowest BCUT2D eigenvalue weighted by Gasteiger charge is -2.34. The second kappa shape index (κ2) is 7.68. The molecule has 0 bridgehead atoms. The minimum atomic E-state index is -0.343. The summed E-state index contributed by atoms with van der Waals surface area (Å²) in [6.07, 6.45) is 5.59. The van der Waals surface area contributed by atoms with Crippen LogP contribution >= 0.6 is 0 Å². The second-order valence-corrected chi connectivity index (χ2v) is 9.81. The van der Waals surface area contributed by atoms with E-state index in [0.29, 0.717) is 0 Å². The van der Waals surface area contributed by atoms with Crippen LogP contribution < -0.4 is 0 Å². The molecule has 0 aliphatic heterocycles. The molecule has 0 spiro atoms. The molecule has 5 aromatic carbocycles. The maximum atomic E-state index is 2.45. The monoisotopic (exact) mass is 446 g/mol. The molecule has 0 N–H and O–H groups in total. The Labute approximate surface area is 207 Å². The molecular weight excluding hydrogens is 420 g/mol. The fourth-order valence-corrected chi connectivity index (χ4v) is 6.16. The van der Waals surface area contributed by atoms with E-state index in [0.717, 1.165) is 6.42 Å². The van der Waals surface area contributed by atoms with Crippen molar-refractivity contribution in [2.75, 3.05) is 0 Å². The first-order valence-corrected chi connectivity index (χ1v) is 12.4. The minimum Gasteiger partial charge on any atom is -0.0795 e. The van der Waals surface area contributed by atoms with Crippen LogP contribution in [0.15, 0.2) is 121 Å². The van der Waals surface area contributed by atoms with Crippen molar-refractivity contribution in [3.63, 3.8) is 0 Å². The zero-order valence-electron chi connectivity index (χ0n) is 19.8. The van der Waals surface area contributed by atoms with Crippen LogP contribution in [0.1, 0.15) is 38.9 Å². The van der Waals surface area contributed by atoms with Crippen molar-refractivity contribution in [3.05, 3.63) is 160 Å². The van der Waals surface area contributed by atoms with E-state index < -0.39 is 0 Å². The van der Waals surface area contributed by atoms with Crippen molar-refractivity contribution in [1.82, 2.24) is 0 Å². The molecule has 166 valence electrons. The summed E-state index contributed by atoms with van der Waals surface area (Å²) in [7, 11) is 0. The summed E-state index contributed by atoms with van der Waals surface area (Å²) in [5, 5.41) is 0. The summed E-state index contributed by atoms with van der Waals surface area (Å²) in [6, 6.07) is 43.0. The van der Waals surface area contributed by atoms with Crippen molar-refractivity contribution in [2.45, 2.75) is 18.8 Å².